The molecule has 3 rings (SSSR count). The number of hydrogen-bond donors (Lipinski definition) is 0. The van der Waals surface area contributed by atoms with E-state index in [1.165, 1.54) is 0 Å². The lowest BCUT2D eigenvalue weighted by Gasteiger charge is -2.10. The Kier molecular flexibility index (Phi) is 4.37. The van der Waals surface area contributed by atoms with Gasteiger partial charge in [0.1, 0.15) is 0 Å². The van der Waals surface area contributed by atoms with E-state index < -0.39 is 3.79 Å². The Bertz CT molecular complexity index is 776. The van der Waals surface area contributed by atoms with E-state index in [2.05, 4.69) is 4.98 Å². The Morgan fingerprint density at radius 3 is 2.05 bits per heavy atom. The summed E-state index contributed by atoms with van der Waals surface area (Å²) in [6.07, 6.45) is 0. The minimum absolute atomic E-state index is 0.312. The number of rotatable bonds is 2. The fourth-order valence-electron chi connectivity index (χ4n) is 1.99. The van der Waals surface area contributed by atoms with Crippen LogP contribution in [0.4, 0.5) is 0 Å². The lowest BCUT2D eigenvalue weighted by molar-refractivity contribution is 0.589. The van der Waals surface area contributed by atoms with Crippen molar-refractivity contribution in [1.29, 1.82) is 0 Å². The lowest BCUT2D eigenvalue weighted by atomic mass is 10.1. The first-order valence-corrected chi connectivity index (χ1v) is 7.86. The molecule has 0 fully saturated rings. The third-order valence-corrected chi connectivity index (χ3v) is 3.99. The average Bonchev–Trinajstić information content (AvgIpc) is 2.89. The molecule has 0 aliphatic rings. The summed E-state index contributed by atoms with van der Waals surface area (Å²) in [7, 11) is 0. The third-order valence-electron chi connectivity index (χ3n) is 3.08. The minimum Gasteiger partial charge on any atom is -0.434 e. The standard InChI is InChI=1S/C16H9Cl4NO/c17-14-13(10-4-2-1-3-5-10)22-15(21-14)11-6-8-12(9-7-11)16(18,19)20/h1-9H. The van der Waals surface area contributed by atoms with Gasteiger partial charge < -0.3 is 4.42 Å². The molecule has 0 aliphatic carbocycles. The first-order chi connectivity index (χ1) is 10.4. The van der Waals surface area contributed by atoms with Gasteiger partial charge in [-0.05, 0) is 12.1 Å². The van der Waals surface area contributed by atoms with Gasteiger partial charge in [-0.15, -0.1) is 0 Å². The maximum atomic E-state index is 6.17. The molecule has 0 radical (unpaired) electrons. The van der Waals surface area contributed by atoms with E-state index in [1.54, 1.807) is 24.3 Å². The third kappa shape index (κ3) is 3.26. The van der Waals surface area contributed by atoms with E-state index in [9.17, 15) is 0 Å². The van der Waals surface area contributed by atoms with Gasteiger partial charge in [-0.25, -0.2) is 0 Å². The number of alkyl halides is 3. The van der Waals surface area contributed by atoms with Crippen molar-refractivity contribution in [1.82, 2.24) is 4.98 Å². The molecule has 0 saturated carbocycles. The zero-order chi connectivity index (χ0) is 15.7. The maximum absolute atomic E-state index is 6.17. The number of oxazole rings is 1. The van der Waals surface area contributed by atoms with E-state index in [-0.39, 0.29) is 0 Å². The molecule has 22 heavy (non-hydrogen) atoms. The fourth-order valence-corrected chi connectivity index (χ4v) is 2.60. The normalized spacial score (nSPS) is 11.6. The van der Waals surface area contributed by atoms with Crippen molar-refractivity contribution in [3.8, 4) is 22.8 Å². The van der Waals surface area contributed by atoms with Gasteiger partial charge in [-0.1, -0.05) is 88.9 Å². The highest BCUT2D eigenvalue weighted by Crippen LogP contribution is 2.39. The van der Waals surface area contributed by atoms with Crippen molar-refractivity contribution in [2.75, 3.05) is 0 Å². The van der Waals surface area contributed by atoms with E-state index in [0.717, 1.165) is 11.1 Å². The van der Waals surface area contributed by atoms with Gasteiger partial charge in [-0.3, -0.25) is 0 Å². The van der Waals surface area contributed by atoms with Gasteiger partial charge in [0.15, 0.2) is 10.9 Å². The molecule has 1 aromatic heterocycles. The van der Waals surface area contributed by atoms with Crippen LogP contribution in [-0.4, -0.2) is 4.98 Å². The number of hydrogen-bond acceptors (Lipinski definition) is 2. The number of benzene rings is 2. The Morgan fingerprint density at radius 1 is 0.818 bits per heavy atom. The van der Waals surface area contributed by atoms with Gasteiger partial charge in [0.2, 0.25) is 9.68 Å². The Balaban J connectivity index is 1.97. The van der Waals surface area contributed by atoms with Crippen molar-refractivity contribution in [3.05, 3.63) is 65.3 Å². The zero-order valence-corrected chi connectivity index (χ0v) is 14.1. The van der Waals surface area contributed by atoms with Crippen LogP contribution < -0.4 is 0 Å². The van der Waals surface area contributed by atoms with Crippen LogP contribution in [0.3, 0.4) is 0 Å². The molecule has 6 heteroatoms. The zero-order valence-electron chi connectivity index (χ0n) is 11.1. The number of halogens is 4. The molecule has 0 saturated heterocycles. The average molecular weight is 373 g/mol. The van der Waals surface area contributed by atoms with Crippen LogP contribution in [0.5, 0.6) is 0 Å². The van der Waals surface area contributed by atoms with Crippen molar-refractivity contribution in [2.45, 2.75) is 3.79 Å². The molecule has 1 heterocycles. The summed E-state index contributed by atoms with van der Waals surface area (Å²) in [6, 6.07) is 16.5. The first kappa shape index (κ1) is 15.7. The number of aromatic nitrogens is 1. The molecule has 2 aromatic carbocycles. The summed E-state index contributed by atoms with van der Waals surface area (Å²) in [6.45, 7) is 0. The van der Waals surface area contributed by atoms with Crippen LogP contribution in [0.1, 0.15) is 5.56 Å². The van der Waals surface area contributed by atoms with Gasteiger partial charge in [-0.2, -0.15) is 4.98 Å². The predicted molar refractivity (Wildman–Crippen MR) is 91.6 cm³/mol. The van der Waals surface area contributed by atoms with Crippen LogP contribution in [-0.2, 0) is 3.79 Å². The van der Waals surface area contributed by atoms with Crippen LogP contribution in [0.15, 0.2) is 59.0 Å². The molecule has 0 spiro atoms. The van der Waals surface area contributed by atoms with E-state index >= 15 is 0 Å². The Labute approximate surface area is 147 Å². The van der Waals surface area contributed by atoms with Crippen molar-refractivity contribution >= 4 is 46.4 Å². The first-order valence-electron chi connectivity index (χ1n) is 6.34. The fraction of sp³-hybridized carbons (Fsp3) is 0.0625. The molecule has 0 unspecified atom stereocenters. The van der Waals surface area contributed by atoms with Crippen molar-refractivity contribution < 1.29 is 4.42 Å². The predicted octanol–water partition coefficient (Wildman–Crippen LogP) is 6.49. The quantitative estimate of drug-likeness (QED) is 0.480. The second-order valence-electron chi connectivity index (χ2n) is 4.58. The molecule has 0 atom stereocenters. The topological polar surface area (TPSA) is 26.0 Å². The second-order valence-corrected chi connectivity index (χ2v) is 7.22. The molecule has 3 aromatic rings. The van der Waals surface area contributed by atoms with E-state index in [0.29, 0.717) is 22.4 Å². The highest BCUT2D eigenvalue weighted by Gasteiger charge is 2.23. The molecule has 112 valence electrons. The molecule has 0 bridgehead atoms. The lowest BCUT2D eigenvalue weighted by Crippen LogP contribution is -1.98. The summed E-state index contributed by atoms with van der Waals surface area (Å²) in [5.74, 6) is 0.947. The second kappa shape index (κ2) is 6.13. The summed E-state index contributed by atoms with van der Waals surface area (Å²) in [5, 5.41) is 0.312. The van der Waals surface area contributed by atoms with Crippen LogP contribution in [0.2, 0.25) is 5.15 Å². The summed E-state index contributed by atoms with van der Waals surface area (Å²) < 4.78 is 4.31. The molecule has 0 aliphatic heterocycles. The highest BCUT2D eigenvalue weighted by molar-refractivity contribution is 6.66. The molecule has 2 nitrogen and oxygen atoms in total. The monoisotopic (exact) mass is 371 g/mol. The minimum atomic E-state index is -1.46. The van der Waals surface area contributed by atoms with Gasteiger partial charge in [0.05, 0.1) is 0 Å². The summed E-state index contributed by atoms with van der Waals surface area (Å²) >= 11 is 23.7. The van der Waals surface area contributed by atoms with Crippen LogP contribution >= 0.6 is 46.4 Å². The van der Waals surface area contributed by atoms with Crippen LogP contribution in [0, 0.1) is 0 Å². The molecule has 0 amide bonds. The van der Waals surface area contributed by atoms with Crippen LogP contribution in [0.25, 0.3) is 22.8 Å². The van der Waals surface area contributed by atoms with Gasteiger partial charge in [0.25, 0.3) is 0 Å². The Morgan fingerprint density at radius 2 is 1.45 bits per heavy atom. The van der Waals surface area contributed by atoms with Crippen molar-refractivity contribution in [2.24, 2.45) is 0 Å². The maximum Gasteiger partial charge on any atom is 0.228 e. The van der Waals surface area contributed by atoms with E-state index in [4.69, 9.17) is 50.8 Å². The van der Waals surface area contributed by atoms with E-state index in [1.807, 2.05) is 30.3 Å². The molecule has 0 N–H and O–H groups in total. The van der Waals surface area contributed by atoms with Gasteiger partial charge in [0, 0.05) is 16.7 Å². The van der Waals surface area contributed by atoms with Gasteiger partial charge >= 0.3 is 0 Å². The summed E-state index contributed by atoms with van der Waals surface area (Å²) in [4.78, 5) is 4.25. The highest BCUT2D eigenvalue weighted by atomic mass is 35.6. The SMILES string of the molecule is Clc1nc(-c2ccc(C(Cl)(Cl)Cl)cc2)oc1-c1ccccc1. The Hall–Kier alpha value is -1.19. The van der Waals surface area contributed by atoms with Crippen molar-refractivity contribution in [3.63, 3.8) is 0 Å². The smallest absolute Gasteiger partial charge is 0.228 e. The summed E-state index contributed by atoms with van der Waals surface area (Å²) in [5.41, 5.74) is 2.19. The number of nitrogens with zero attached hydrogens (tertiary/aromatic N) is 1. The largest absolute Gasteiger partial charge is 0.434 e. The molecular weight excluding hydrogens is 364 g/mol. The molecular formula is C16H9Cl4NO.